The zero-order valence-corrected chi connectivity index (χ0v) is 10.8. The van der Waals surface area contributed by atoms with Gasteiger partial charge in [0.05, 0.1) is 5.69 Å². The van der Waals surface area contributed by atoms with Crippen LogP contribution in [0, 0.1) is 13.8 Å². The van der Waals surface area contributed by atoms with E-state index in [1.165, 1.54) is 29.5 Å². The third-order valence-corrected chi connectivity index (χ3v) is 3.26. The molecule has 1 aliphatic rings. The minimum absolute atomic E-state index is 0.617. The maximum atomic E-state index is 4.32. The Balaban J connectivity index is 1.88. The van der Waals surface area contributed by atoms with Crippen LogP contribution in [0.25, 0.3) is 11.3 Å². The quantitative estimate of drug-likeness (QED) is 0.892. The molecular formula is C15H17N3. The van der Waals surface area contributed by atoms with Crippen molar-refractivity contribution < 1.29 is 0 Å². The Kier molecular flexibility index (Phi) is 2.74. The monoisotopic (exact) mass is 239 g/mol. The predicted octanol–water partition coefficient (Wildman–Crippen LogP) is 3.33. The van der Waals surface area contributed by atoms with Crippen LogP contribution in [-0.2, 0) is 0 Å². The first-order chi connectivity index (χ1) is 8.72. The van der Waals surface area contributed by atoms with Gasteiger partial charge in [0.2, 0.25) is 0 Å². The van der Waals surface area contributed by atoms with Crippen molar-refractivity contribution in [3.8, 4) is 11.3 Å². The Morgan fingerprint density at radius 2 is 1.89 bits per heavy atom. The second-order valence-corrected chi connectivity index (χ2v) is 5.04. The van der Waals surface area contributed by atoms with Crippen LogP contribution in [0.5, 0.6) is 0 Å². The van der Waals surface area contributed by atoms with E-state index in [1.54, 1.807) is 0 Å². The molecule has 1 heterocycles. The second-order valence-electron chi connectivity index (χ2n) is 5.04. The smallest absolute Gasteiger partial charge is 0.148 e. The van der Waals surface area contributed by atoms with Crippen LogP contribution in [0.1, 0.15) is 24.0 Å². The molecule has 1 fully saturated rings. The predicted molar refractivity (Wildman–Crippen MR) is 73.6 cm³/mol. The molecule has 3 rings (SSSR count). The molecule has 1 aliphatic carbocycles. The molecule has 1 aromatic heterocycles. The molecule has 0 amide bonds. The summed E-state index contributed by atoms with van der Waals surface area (Å²) in [5.41, 5.74) is 4.59. The van der Waals surface area contributed by atoms with Gasteiger partial charge >= 0.3 is 0 Å². The van der Waals surface area contributed by atoms with E-state index in [9.17, 15) is 0 Å². The Hall–Kier alpha value is -1.90. The number of aryl methyl sites for hydroxylation is 2. The molecule has 0 bridgehead atoms. The maximum Gasteiger partial charge on any atom is 0.148 e. The topological polar surface area (TPSA) is 37.8 Å². The van der Waals surface area contributed by atoms with E-state index in [0.717, 1.165) is 11.5 Å². The highest BCUT2D eigenvalue weighted by atomic mass is 15.2. The highest BCUT2D eigenvalue weighted by Gasteiger charge is 2.21. The maximum absolute atomic E-state index is 4.32. The van der Waals surface area contributed by atoms with Crippen LogP contribution in [0.3, 0.4) is 0 Å². The first kappa shape index (κ1) is 11.2. The SMILES string of the molecule is Cc1ccc(C)c(-c2ccc(NC3CC3)nn2)c1. The van der Waals surface area contributed by atoms with E-state index in [1.807, 2.05) is 12.1 Å². The summed E-state index contributed by atoms with van der Waals surface area (Å²) in [6.45, 7) is 4.20. The Morgan fingerprint density at radius 1 is 1.06 bits per heavy atom. The first-order valence-electron chi connectivity index (χ1n) is 6.40. The van der Waals surface area contributed by atoms with Crippen molar-refractivity contribution >= 4 is 5.82 Å². The van der Waals surface area contributed by atoms with Crippen LogP contribution in [-0.4, -0.2) is 16.2 Å². The molecular weight excluding hydrogens is 222 g/mol. The number of anilines is 1. The molecule has 1 saturated carbocycles. The molecule has 0 radical (unpaired) electrons. The molecule has 0 saturated heterocycles. The van der Waals surface area contributed by atoms with Gasteiger partial charge in [-0.3, -0.25) is 0 Å². The second kappa shape index (κ2) is 4.41. The standard InChI is InChI=1S/C15H17N3/c1-10-3-4-11(2)13(9-10)14-7-8-15(18-17-14)16-12-5-6-12/h3-4,7-9,12H,5-6H2,1-2H3,(H,16,18). The molecule has 1 aromatic carbocycles. The van der Waals surface area contributed by atoms with Gasteiger partial charge in [0.25, 0.3) is 0 Å². The van der Waals surface area contributed by atoms with E-state index in [4.69, 9.17) is 0 Å². The zero-order chi connectivity index (χ0) is 12.5. The minimum Gasteiger partial charge on any atom is -0.366 e. The van der Waals surface area contributed by atoms with Gasteiger partial charge in [0.15, 0.2) is 0 Å². The molecule has 92 valence electrons. The van der Waals surface area contributed by atoms with E-state index in [2.05, 4.69) is 47.6 Å². The fraction of sp³-hybridized carbons (Fsp3) is 0.333. The number of nitrogens with one attached hydrogen (secondary N) is 1. The summed E-state index contributed by atoms with van der Waals surface area (Å²) in [6, 6.07) is 11.1. The van der Waals surface area contributed by atoms with Gasteiger partial charge in [-0.05, 0) is 50.5 Å². The van der Waals surface area contributed by atoms with Crippen LogP contribution >= 0.6 is 0 Å². The summed E-state index contributed by atoms with van der Waals surface area (Å²) in [4.78, 5) is 0. The summed E-state index contributed by atoms with van der Waals surface area (Å²) in [5.74, 6) is 0.881. The minimum atomic E-state index is 0.617. The summed E-state index contributed by atoms with van der Waals surface area (Å²) in [7, 11) is 0. The number of hydrogen-bond acceptors (Lipinski definition) is 3. The van der Waals surface area contributed by atoms with Crippen molar-refractivity contribution in [2.75, 3.05) is 5.32 Å². The van der Waals surface area contributed by atoms with Crippen molar-refractivity contribution in [3.63, 3.8) is 0 Å². The fourth-order valence-corrected chi connectivity index (χ4v) is 2.00. The average Bonchev–Trinajstić information content (AvgIpc) is 3.17. The molecule has 3 nitrogen and oxygen atoms in total. The van der Waals surface area contributed by atoms with Crippen molar-refractivity contribution in [3.05, 3.63) is 41.5 Å². The van der Waals surface area contributed by atoms with Crippen molar-refractivity contribution in [2.45, 2.75) is 32.7 Å². The van der Waals surface area contributed by atoms with Gasteiger partial charge in [-0.25, -0.2) is 0 Å². The van der Waals surface area contributed by atoms with Gasteiger partial charge in [0, 0.05) is 11.6 Å². The van der Waals surface area contributed by atoms with Gasteiger partial charge in [0.1, 0.15) is 5.82 Å². The highest BCUT2D eigenvalue weighted by molar-refractivity contribution is 5.64. The molecule has 18 heavy (non-hydrogen) atoms. The molecule has 3 heteroatoms. The Bertz CT molecular complexity index is 556. The number of hydrogen-bond donors (Lipinski definition) is 1. The fourth-order valence-electron chi connectivity index (χ4n) is 2.00. The number of aromatic nitrogens is 2. The van der Waals surface area contributed by atoms with Gasteiger partial charge in [-0.2, -0.15) is 0 Å². The van der Waals surface area contributed by atoms with Gasteiger partial charge in [-0.15, -0.1) is 10.2 Å². The largest absolute Gasteiger partial charge is 0.366 e. The van der Waals surface area contributed by atoms with E-state index in [0.29, 0.717) is 6.04 Å². The lowest BCUT2D eigenvalue weighted by atomic mass is 10.0. The molecule has 2 aromatic rings. The van der Waals surface area contributed by atoms with Crippen LogP contribution < -0.4 is 5.32 Å². The lowest BCUT2D eigenvalue weighted by Gasteiger charge is -2.07. The van der Waals surface area contributed by atoms with Crippen molar-refractivity contribution in [1.29, 1.82) is 0 Å². The lowest BCUT2D eigenvalue weighted by Crippen LogP contribution is -2.04. The third-order valence-electron chi connectivity index (χ3n) is 3.26. The molecule has 0 atom stereocenters. The lowest BCUT2D eigenvalue weighted by molar-refractivity contribution is 1.00. The first-order valence-corrected chi connectivity index (χ1v) is 6.40. The Morgan fingerprint density at radius 3 is 2.56 bits per heavy atom. The number of benzene rings is 1. The van der Waals surface area contributed by atoms with Crippen molar-refractivity contribution in [2.24, 2.45) is 0 Å². The zero-order valence-electron chi connectivity index (χ0n) is 10.8. The number of rotatable bonds is 3. The van der Waals surface area contributed by atoms with Crippen molar-refractivity contribution in [1.82, 2.24) is 10.2 Å². The summed E-state index contributed by atoms with van der Waals surface area (Å²) < 4.78 is 0. The van der Waals surface area contributed by atoms with Crippen LogP contribution in [0.4, 0.5) is 5.82 Å². The van der Waals surface area contributed by atoms with E-state index >= 15 is 0 Å². The summed E-state index contributed by atoms with van der Waals surface area (Å²) in [5, 5.41) is 11.9. The molecule has 0 aliphatic heterocycles. The average molecular weight is 239 g/mol. The van der Waals surface area contributed by atoms with E-state index in [-0.39, 0.29) is 0 Å². The number of nitrogens with zero attached hydrogens (tertiary/aromatic N) is 2. The highest BCUT2D eigenvalue weighted by Crippen LogP contribution is 2.25. The summed E-state index contributed by atoms with van der Waals surface area (Å²) in [6.07, 6.45) is 2.50. The molecule has 0 spiro atoms. The molecule has 1 N–H and O–H groups in total. The Labute approximate surface area is 107 Å². The molecule has 0 unspecified atom stereocenters. The van der Waals surface area contributed by atoms with E-state index < -0.39 is 0 Å². The normalized spacial score (nSPS) is 14.6. The van der Waals surface area contributed by atoms with Crippen LogP contribution in [0.15, 0.2) is 30.3 Å². The summed E-state index contributed by atoms with van der Waals surface area (Å²) >= 11 is 0. The van der Waals surface area contributed by atoms with Gasteiger partial charge in [-0.1, -0.05) is 17.7 Å². The van der Waals surface area contributed by atoms with Gasteiger partial charge < -0.3 is 5.32 Å². The third kappa shape index (κ3) is 2.35. The van der Waals surface area contributed by atoms with Crippen LogP contribution in [0.2, 0.25) is 0 Å².